The molecule has 1 heterocycles. The van der Waals surface area contributed by atoms with Crippen molar-refractivity contribution in [2.24, 2.45) is 0 Å². The van der Waals surface area contributed by atoms with E-state index in [-0.39, 0.29) is 20.6 Å². The third kappa shape index (κ3) is 3.69. The van der Waals surface area contributed by atoms with Crippen LogP contribution in [0.4, 0.5) is 5.13 Å². The van der Waals surface area contributed by atoms with Crippen LogP contribution in [0.1, 0.15) is 10.4 Å². The maximum absolute atomic E-state index is 12.4. The smallest absolute Gasteiger partial charge is 0.337 e. The Morgan fingerprint density at radius 2 is 2.14 bits per heavy atom. The van der Waals surface area contributed by atoms with Gasteiger partial charge in [0.05, 0.1) is 17.7 Å². The molecule has 0 aliphatic rings. The quantitative estimate of drug-likeness (QED) is 0.629. The molecule has 22 heavy (non-hydrogen) atoms. The number of esters is 1. The number of methoxy groups -OCH3 is 1. The maximum atomic E-state index is 12.4. The molecule has 0 bridgehead atoms. The number of sulfonamides is 1. The number of hydrogen-bond acceptors (Lipinski definition) is 8. The van der Waals surface area contributed by atoms with Crippen molar-refractivity contribution in [1.82, 2.24) is 10.2 Å². The predicted molar refractivity (Wildman–Crippen MR) is 85.3 cm³/mol. The number of thioether (sulfide) groups is 1. The first-order valence-corrected chi connectivity index (χ1v) is 9.56. The Morgan fingerprint density at radius 3 is 2.73 bits per heavy atom. The van der Waals surface area contributed by atoms with Gasteiger partial charge in [0.15, 0.2) is 4.34 Å². The number of hydrogen-bond donors (Lipinski definition) is 1. The highest BCUT2D eigenvalue weighted by Crippen LogP contribution is 2.28. The minimum absolute atomic E-state index is 0.0187. The molecule has 11 heteroatoms. The lowest BCUT2D eigenvalue weighted by Gasteiger charge is -2.08. The van der Waals surface area contributed by atoms with E-state index >= 15 is 0 Å². The largest absolute Gasteiger partial charge is 0.465 e. The number of ether oxygens (including phenoxy) is 1. The lowest BCUT2D eigenvalue weighted by Crippen LogP contribution is -2.14. The Kier molecular flexibility index (Phi) is 5.27. The van der Waals surface area contributed by atoms with Gasteiger partial charge in [-0.2, -0.15) is 0 Å². The molecular formula is C11H10ClN3O4S3. The monoisotopic (exact) mass is 379 g/mol. The molecule has 0 saturated heterocycles. The third-order valence-corrected chi connectivity index (χ3v) is 6.21. The first kappa shape index (κ1) is 17.0. The van der Waals surface area contributed by atoms with Crippen molar-refractivity contribution in [3.8, 4) is 0 Å². The molecule has 0 fully saturated rings. The molecule has 0 amide bonds. The van der Waals surface area contributed by atoms with Gasteiger partial charge in [-0.3, -0.25) is 4.72 Å². The number of nitrogens with one attached hydrogen (secondary N) is 1. The summed E-state index contributed by atoms with van der Waals surface area (Å²) in [5.74, 6) is -0.659. The molecule has 0 atom stereocenters. The van der Waals surface area contributed by atoms with Crippen molar-refractivity contribution in [3.05, 3.63) is 28.8 Å². The fourth-order valence-electron chi connectivity index (χ4n) is 1.46. The first-order valence-electron chi connectivity index (χ1n) is 5.65. The highest BCUT2D eigenvalue weighted by molar-refractivity contribution is 8.00. The fourth-order valence-corrected chi connectivity index (χ4v) is 4.38. The van der Waals surface area contributed by atoms with E-state index in [1.165, 1.54) is 31.0 Å². The van der Waals surface area contributed by atoms with Crippen LogP contribution in [0.2, 0.25) is 5.02 Å². The summed E-state index contributed by atoms with van der Waals surface area (Å²) < 4.78 is 32.2. The Morgan fingerprint density at radius 1 is 1.41 bits per heavy atom. The van der Waals surface area contributed by atoms with Crippen LogP contribution in [0.15, 0.2) is 27.4 Å². The average molecular weight is 380 g/mol. The zero-order chi connectivity index (χ0) is 16.3. The summed E-state index contributed by atoms with van der Waals surface area (Å²) in [7, 11) is -2.79. The normalized spacial score (nSPS) is 11.2. The second-order valence-corrected chi connectivity index (χ2v) is 7.91. The molecule has 1 aromatic heterocycles. The van der Waals surface area contributed by atoms with E-state index in [9.17, 15) is 13.2 Å². The number of rotatable bonds is 5. The van der Waals surface area contributed by atoms with Gasteiger partial charge in [-0.25, -0.2) is 13.2 Å². The van der Waals surface area contributed by atoms with Gasteiger partial charge in [0.2, 0.25) is 5.13 Å². The Labute approximate surface area is 140 Å². The van der Waals surface area contributed by atoms with E-state index in [1.54, 1.807) is 6.26 Å². The number of nitrogens with zero attached hydrogens (tertiary/aromatic N) is 2. The summed E-state index contributed by atoms with van der Waals surface area (Å²) in [6.07, 6.45) is 1.80. The number of halogens is 1. The van der Waals surface area contributed by atoms with E-state index < -0.39 is 16.0 Å². The van der Waals surface area contributed by atoms with E-state index in [0.717, 1.165) is 17.4 Å². The van der Waals surface area contributed by atoms with Crippen LogP contribution >= 0.6 is 34.7 Å². The van der Waals surface area contributed by atoms with Crippen molar-refractivity contribution in [2.75, 3.05) is 18.1 Å². The van der Waals surface area contributed by atoms with Gasteiger partial charge in [-0.15, -0.1) is 10.2 Å². The van der Waals surface area contributed by atoms with Crippen LogP contribution in [0.5, 0.6) is 0 Å². The van der Waals surface area contributed by atoms with Crippen molar-refractivity contribution < 1.29 is 17.9 Å². The second kappa shape index (κ2) is 6.82. The van der Waals surface area contributed by atoms with Crippen molar-refractivity contribution in [3.63, 3.8) is 0 Å². The summed E-state index contributed by atoms with van der Waals surface area (Å²) in [5.41, 5.74) is 0.0781. The number of carbonyl (C=O) groups excluding carboxylic acids is 1. The van der Waals surface area contributed by atoms with Crippen molar-refractivity contribution >= 4 is 55.8 Å². The van der Waals surface area contributed by atoms with E-state index in [0.29, 0.717) is 4.34 Å². The van der Waals surface area contributed by atoms with Gasteiger partial charge in [-0.1, -0.05) is 34.7 Å². The molecule has 0 saturated carbocycles. The lowest BCUT2D eigenvalue weighted by atomic mass is 10.2. The van der Waals surface area contributed by atoms with E-state index in [4.69, 9.17) is 11.6 Å². The topological polar surface area (TPSA) is 98.2 Å². The molecule has 7 nitrogen and oxygen atoms in total. The Hall–Kier alpha value is -1.36. The molecule has 0 aliphatic heterocycles. The Bertz CT molecular complexity index is 807. The number of anilines is 1. The summed E-state index contributed by atoms with van der Waals surface area (Å²) in [6, 6.07) is 3.84. The van der Waals surface area contributed by atoms with Gasteiger partial charge < -0.3 is 4.74 Å². The fraction of sp³-hybridized carbons (Fsp3) is 0.182. The molecule has 0 unspecified atom stereocenters. The number of benzene rings is 1. The Balaban J connectivity index is 2.38. The summed E-state index contributed by atoms with van der Waals surface area (Å²) in [5, 5.41) is 7.61. The van der Waals surface area contributed by atoms with Gasteiger partial charge in [0.1, 0.15) is 4.90 Å². The average Bonchev–Trinajstić information content (AvgIpc) is 2.93. The molecule has 0 spiro atoms. The van der Waals surface area contributed by atoms with Crippen LogP contribution in [-0.2, 0) is 14.8 Å². The number of aromatic nitrogens is 2. The van der Waals surface area contributed by atoms with E-state index in [1.807, 2.05) is 0 Å². The van der Waals surface area contributed by atoms with Crippen molar-refractivity contribution in [1.29, 1.82) is 0 Å². The third-order valence-electron chi connectivity index (χ3n) is 2.44. The minimum Gasteiger partial charge on any atom is -0.465 e. The van der Waals surface area contributed by atoms with Gasteiger partial charge in [0.25, 0.3) is 10.0 Å². The predicted octanol–water partition coefficient (Wildman–Crippen LogP) is 2.50. The van der Waals surface area contributed by atoms with Crippen LogP contribution in [-0.4, -0.2) is 38.0 Å². The van der Waals surface area contributed by atoms with Crippen LogP contribution < -0.4 is 4.72 Å². The molecule has 2 aromatic rings. The zero-order valence-electron chi connectivity index (χ0n) is 11.4. The summed E-state index contributed by atoms with van der Waals surface area (Å²) in [4.78, 5) is 11.3. The molecule has 2 rings (SSSR count). The minimum atomic E-state index is -3.99. The van der Waals surface area contributed by atoms with Crippen LogP contribution in [0.3, 0.4) is 0 Å². The SMILES string of the molecule is COC(=O)c1ccc(Cl)c(S(=O)(=O)Nc2nnc(SC)s2)c1. The highest BCUT2D eigenvalue weighted by atomic mass is 35.5. The first-order chi connectivity index (χ1) is 10.4. The second-order valence-electron chi connectivity index (χ2n) is 3.82. The van der Waals surface area contributed by atoms with Crippen molar-refractivity contribution in [2.45, 2.75) is 9.24 Å². The van der Waals surface area contributed by atoms with Gasteiger partial charge in [0, 0.05) is 0 Å². The van der Waals surface area contributed by atoms with Gasteiger partial charge >= 0.3 is 5.97 Å². The summed E-state index contributed by atoms with van der Waals surface area (Å²) >= 11 is 8.36. The molecule has 1 aromatic carbocycles. The molecule has 118 valence electrons. The molecule has 0 aliphatic carbocycles. The standard InChI is InChI=1S/C11H10ClN3O4S3/c1-19-9(16)6-3-4-7(12)8(5-6)22(17,18)15-10-13-14-11(20-2)21-10/h3-5H,1-2H3,(H,13,15). The maximum Gasteiger partial charge on any atom is 0.337 e. The van der Waals surface area contributed by atoms with Crippen LogP contribution in [0, 0.1) is 0 Å². The number of carbonyl (C=O) groups is 1. The highest BCUT2D eigenvalue weighted by Gasteiger charge is 2.22. The molecule has 1 N–H and O–H groups in total. The molecule has 0 radical (unpaired) electrons. The van der Waals surface area contributed by atoms with Crippen LogP contribution in [0.25, 0.3) is 0 Å². The lowest BCUT2D eigenvalue weighted by molar-refractivity contribution is 0.0600. The summed E-state index contributed by atoms with van der Waals surface area (Å²) in [6.45, 7) is 0. The van der Waals surface area contributed by atoms with Gasteiger partial charge in [-0.05, 0) is 24.5 Å². The van der Waals surface area contributed by atoms with E-state index in [2.05, 4.69) is 19.7 Å². The zero-order valence-corrected chi connectivity index (χ0v) is 14.6. The molecular weight excluding hydrogens is 370 g/mol.